The number of para-hydroxylation sites is 1. The summed E-state index contributed by atoms with van der Waals surface area (Å²) >= 11 is 0. The molecule has 0 bridgehead atoms. The molecule has 0 spiro atoms. The Hall–Kier alpha value is -3.92. The standard InChI is InChI=1S/C29H34FN3O5S/c1-21(2)18-31-29(35)22(3)32(19-23-11-10-12-24(17-23)38-4)28(34)20-33(27-16-9-8-15-26(27)30)39(36,37)25-13-6-5-7-14-25/h5-17,21-22H,18-20H2,1-4H3,(H,31,35). The van der Waals surface area contributed by atoms with Crippen molar-refractivity contribution in [2.75, 3.05) is 24.5 Å². The molecule has 0 saturated carbocycles. The van der Waals surface area contributed by atoms with Gasteiger partial charge in [0.2, 0.25) is 11.8 Å². The zero-order valence-electron chi connectivity index (χ0n) is 22.5. The number of anilines is 1. The van der Waals surface area contributed by atoms with Crippen LogP contribution in [0.5, 0.6) is 5.75 Å². The zero-order chi connectivity index (χ0) is 28.6. The molecular formula is C29H34FN3O5S. The number of hydrogen-bond donors (Lipinski definition) is 1. The number of benzene rings is 3. The van der Waals surface area contributed by atoms with E-state index in [-0.39, 0.29) is 29.0 Å². The molecule has 1 unspecified atom stereocenters. The number of rotatable bonds is 12. The second kappa shape index (κ2) is 13.2. The molecular weight excluding hydrogens is 521 g/mol. The lowest BCUT2D eigenvalue weighted by Gasteiger charge is -2.32. The van der Waals surface area contributed by atoms with Gasteiger partial charge in [0.05, 0.1) is 17.7 Å². The number of carbonyl (C=O) groups excluding carboxylic acids is 2. The van der Waals surface area contributed by atoms with Crippen LogP contribution in [-0.2, 0) is 26.2 Å². The molecule has 0 aromatic heterocycles. The molecule has 39 heavy (non-hydrogen) atoms. The fourth-order valence-electron chi connectivity index (χ4n) is 3.89. The van der Waals surface area contributed by atoms with Crippen LogP contribution in [0.4, 0.5) is 10.1 Å². The van der Waals surface area contributed by atoms with E-state index in [1.165, 1.54) is 42.3 Å². The molecule has 0 aliphatic carbocycles. The normalized spacial score (nSPS) is 12.1. The molecule has 0 aliphatic rings. The molecule has 8 nitrogen and oxygen atoms in total. The van der Waals surface area contributed by atoms with Crippen molar-refractivity contribution in [2.45, 2.75) is 38.3 Å². The summed E-state index contributed by atoms with van der Waals surface area (Å²) in [7, 11) is -2.81. The largest absolute Gasteiger partial charge is 0.497 e. The topological polar surface area (TPSA) is 96.0 Å². The summed E-state index contributed by atoms with van der Waals surface area (Å²) in [5, 5.41) is 2.83. The van der Waals surface area contributed by atoms with Gasteiger partial charge < -0.3 is 15.0 Å². The first-order valence-electron chi connectivity index (χ1n) is 12.6. The molecule has 3 aromatic carbocycles. The summed E-state index contributed by atoms with van der Waals surface area (Å²) in [5.41, 5.74) is 0.405. The Balaban J connectivity index is 2.02. The predicted molar refractivity (Wildman–Crippen MR) is 148 cm³/mol. The van der Waals surface area contributed by atoms with Crippen molar-refractivity contribution >= 4 is 27.5 Å². The summed E-state index contributed by atoms with van der Waals surface area (Å²) in [6, 6.07) is 18.9. The number of sulfonamides is 1. The molecule has 0 aliphatic heterocycles. The van der Waals surface area contributed by atoms with E-state index in [0.717, 1.165) is 10.4 Å². The fourth-order valence-corrected chi connectivity index (χ4v) is 5.33. The molecule has 3 rings (SSSR count). The van der Waals surface area contributed by atoms with Crippen LogP contribution >= 0.6 is 0 Å². The smallest absolute Gasteiger partial charge is 0.264 e. The molecule has 1 atom stereocenters. The first-order valence-corrected chi connectivity index (χ1v) is 14.0. The van der Waals surface area contributed by atoms with Gasteiger partial charge in [-0.3, -0.25) is 13.9 Å². The second-order valence-electron chi connectivity index (χ2n) is 9.46. The van der Waals surface area contributed by atoms with Gasteiger partial charge in [-0.2, -0.15) is 0 Å². The average molecular weight is 556 g/mol. The molecule has 10 heteroatoms. The first-order chi connectivity index (χ1) is 18.5. The highest BCUT2D eigenvalue weighted by Crippen LogP contribution is 2.27. The van der Waals surface area contributed by atoms with Crippen molar-refractivity contribution in [3.05, 3.63) is 90.2 Å². The number of hydrogen-bond acceptors (Lipinski definition) is 5. The van der Waals surface area contributed by atoms with Gasteiger partial charge in [-0.05, 0) is 54.8 Å². The lowest BCUT2D eigenvalue weighted by atomic mass is 10.1. The lowest BCUT2D eigenvalue weighted by Crippen LogP contribution is -2.51. The van der Waals surface area contributed by atoms with Crippen molar-refractivity contribution in [1.82, 2.24) is 10.2 Å². The molecule has 2 amide bonds. The van der Waals surface area contributed by atoms with Gasteiger partial charge in [-0.25, -0.2) is 12.8 Å². The number of nitrogens with zero attached hydrogens (tertiary/aromatic N) is 2. The van der Waals surface area contributed by atoms with Gasteiger partial charge in [0.15, 0.2) is 0 Å². The Kier molecular flexibility index (Phi) is 10.1. The van der Waals surface area contributed by atoms with E-state index in [1.54, 1.807) is 49.4 Å². The molecule has 0 radical (unpaired) electrons. The highest BCUT2D eigenvalue weighted by atomic mass is 32.2. The third-order valence-electron chi connectivity index (χ3n) is 6.07. The Labute approximate surface area is 229 Å². The van der Waals surface area contributed by atoms with E-state index >= 15 is 0 Å². The average Bonchev–Trinajstić information content (AvgIpc) is 2.93. The van der Waals surface area contributed by atoms with Gasteiger partial charge in [-0.1, -0.05) is 56.3 Å². The highest BCUT2D eigenvalue weighted by Gasteiger charge is 2.33. The van der Waals surface area contributed by atoms with Crippen LogP contribution in [0.2, 0.25) is 0 Å². The Morgan fingerprint density at radius 1 is 0.949 bits per heavy atom. The van der Waals surface area contributed by atoms with Crippen molar-refractivity contribution in [2.24, 2.45) is 5.92 Å². The summed E-state index contributed by atoms with van der Waals surface area (Å²) in [6.07, 6.45) is 0. The van der Waals surface area contributed by atoms with E-state index in [9.17, 15) is 22.4 Å². The molecule has 208 valence electrons. The molecule has 0 fully saturated rings. The second-order valence-corrected chi connectivity index (χ2v) is 11.3. The summed E-state index contributed by atoms with van der Waals surface area (Å²) < 4.78 is 48.3. The third kappa shape index (κ3) is 7.57. The van der Waals surface area contributed by atoms with E-state index in [4.69, 9.17) is 4.74 Å². The minimum atomic E-state index is -4.33. The van der Waals surface area contributed by atoms with Gasteiger partial charge in [-0.15, -0.1) is 0 Å². The van der Waals surface area contributed by atoms with E-state index in [1.807, 2.05) is 13.8 Å². The van der Waals surface area contributed by atoms with Gasteiger partial charge in [0.1, 0.15) is 24.2 Å². The van der Waals surface area contributed by atoms with E-state index in [0.29, 0.717) is 17.9 Å². The summed E-state index contributed by atoms with van der Waals surface area (Å²) in [6.45, 7) is 5.17. The van der Waals surface area contributed by atoms with Crippen molar-refractivity contribution < 1.29 is 27.1 Å². The molecule has 1 N–H and O–H groups in total. The van der Waals surface area contributed by atoms with Gasteiger partial charge >= 0.3 is 0 Å². The number of methoxy groups -OCH3 is 1. The number of carbonyl (C=O) groups is 2. The quantitative estimate of drug-likeness (QED) is 0.361. The van der Waals surface area contributed by atoms with Crippen molar-refractivity contribution in [1.29, 1.82) is 0 Å². The van der Waals surface area contributed by atoms with Crippen LogP contribution in [-0.4, -0.2) is 51.4 Å². The van der Waals surface area contributed by atoms with Crippen LogP contribution in [0.25, 0.3) is 0 Å². The van der Waals surface area contributed by atoms with Crippen LogP contribution < -0.4 is 14.4 Å². The maximum atomic E-state index is 14.9. The SMILES string of the molecule is COc1cccc(CN(C(=O)CN(c2ccccc2F)S(=O)(=O)c2ccccc2)C(C)C(=O)NCC(C)C)c1. The van der Waals surface area contributed by atoms with Gasteiger partial charge in [0.25, 0.3) is 10.0 Å². The maximum absolute atomic E-state index is 14.9. The molecule has 0 heterocycles. The fraction of sp³-hybridized carbons (Fsp3) is 0.310. The van der Waals surface area contributed by atoms with Crippen LogP contribution in [0, 0.1) is 11.7 Å². The highest BCUT2D eigenvalue weighted by molar-refractivity contribution is 7.92. The van der Waals surface area contributed by atoms with Crippen LogP contribution in [0.15, 0.2) is 83.8 Å². The summed E-state index contributed by atoms with van der Waals surface area (Å²) in [5.74, 6) is -1.10. The monoisotopic (exact) mass is 555 g/mol. The third-order valence-corrected chi connectivity index (χ3v) is 7.84. The molecule has 0 saturated heterocycles. The minimum Gasteiger partial charge on any atom is -0.497 e. The number of amides is 2. The van der Waals surface area contributed by atoms with Crippen LogP contribution in [0.1, 0.15) is 26.3 Å². The maximum Gasteiger partial charge on any atom is 0.264 e. The number of ether oxygens (including phenoxy) is 1. The first kappa shape index (κ1) is 29.6. The Morgan fingerprint density at radius 2 is 1.62 bits per heavy atom. The Morgan fingerprint density at radius 3 is 2.26 bits per heavy atom. The lowest BCUT2D eigenvalue weighted by molar-refractivity contribution is -0.139. The molecule has 3 aromatic rings. The summed E-state index contributed by atoms with van der Waals surface area (Å²) in [4.78, 5) is 28.1. The van der Waals surface area contributed by atoms with Crippen LogP contribution in [0.3, 0.4) is 0 Å². The van der Waals surface area contributed by atoms with E-state index in [2.05, 4.69) is 5.32 Å². The predicted octanol–water partition coefficient (Wildman–Crippen LogP) is 4.22. The van der Waals surface area contributed by atoms with Gasteiger partial charge in [0, 0.05) is 13.1 Å². The Bertz CT molecular complexity index is 1380. The van der Waals surface area contributed by atoms with E-state index < -0.39 is 34.3 Å². The number of halogens is 1. The van der Waals surface area contributed by atoms with Crippen molar-refractivity contribution in [3.63, 3.8) is 0 Å². The minimum absolute atomic E-state index is 0.00277. The van der Waals surface area contributed by atoms with Crippen molar-refractivity contribution in [3.8, 4) is 5.75 Å². The number of nitrogens with one attached hydrogen (secondary N) is 1. The zero-order valence-corrected chi connectivity index (χ0v) is 23.3.